The Morgan fingerprint density at radius 1 is 1.46 bits per heavy atom. The van der Waals surface area contributed by atoms with Gasteiger partial charge in [0.2, 0.25) is 0 Å². The molecule has 0 amide bonds. The molecule has 0 heterocycles. The summed E-state index contributed by atoms with van der Waals surface area (Å²) in [6.45, 7) is 1.09. The lowest BCUT2D eigenvalue weighted by molar-refractivity contribution is 0.149. The van der Waals surface area contributed by atoms with Crippen LogP contribution in [0.25, 0.3) is 0 Å². The van der Waals surface area contributed by atoms with Gasteiger partial charge < -0.3 is 10.4 Å². The second-order valence-corrected chi connectivity index (χ2v) is 5.65. The number of hydrogen-bond donors (Lipinski definition) is 2. The summed E-state index contributed by atoms with van der Waals surface area (Å²) in [5.74, 6) is 0. The van der Waals surface area contributed by atoms with Crippen molar-refractivity contribution in [1.29, 1.82) is 0 Å². The van der Waals surface area contributed by atoms with E-state index in [1.165, 1.54) is 19.3 Å². The van der Waals surface area contributed by atoms with E-state index in [9.17, 15) is 5.11 Å². The molecule has 0 radical (unpaired) electrons. The molecule has 2 nitrogen and oxygen atoms in total. The van der Waals surface area contributed by atoms with Crippen molar-refractivity contribution in [3.8, 4) is 0 Å². The molecule has 2 aliphatic rings. The fourth-order valence-corrected chi connectivity index (χ4v) is 2.83. The highest BCUT2D eigenvalue weighted by molar-refractivity contribution is 8.00. The molecule has 0 aromatic rings. The molecule has 0 spiro atoms. The van der Waals surface area contributed by atoms with E-state index in [0.29, 0.717) is 10.8 Å². The maximum absolute atomic E-state index is 9.61. The SMILES string of the molecule is CSC1(CN[C@H]2CCC[C@@H]2O)CC1. The van der Waals surface area contributed by atoms with Crippen LogP contribution >= 0.6 is 11.8 Å². The molecule has 3 heteroatoms. The highest BCUT2D eigenvalue weighted by Gasteiger charge is 2.42. The first-order valence-corrected chi connectivity index (χ1v) is 6.45. The Hall–Kier alpha value is 0.270. The normalized spacial score (nSPS) is 36.5. The van der Waals surface area contributed by atoms with Gasteiger partial charge in [-0.15, -0.1) is 0 Å². The molecule has 2 aliphatic carbocycles. The van der Waals surface area contributed by atoms with Gasteiger partial charge in [-0.2, -0.15) is 11.8 Å². The molecule has 0 saturated heterocycles. The predicted molar refractivity (Wildman–Crippen MR) is 57.1 cm³/mol. The molecule has 2 saturated carbocycles. The minimum absolute atomic E-state index is 0.0855. The van der Waals surface area contributed by atoms with Gasteiger partial charge in [-0.25, -0.2) is 0 Å². The Morgan fingerprint density at radius 2 is 2.23 bits per heavy atom. The van der Waals surface area contributed by atoms with Gasteiger partial charge in [-0.3, -0.25) is 0 Å². The zero-order valence-electron chi connectivity index (χ0n) is 8.25. The first kappa shape index (κ1) is 9.81. The van der Waals surface area contributed by atoms with Crippen molar-refractivity contribution in [2.45, 2.75) is 49.0 Å². The Bertz CT molecular complexity index is 182. The first-order valence-electron chi connectivity index (χ1n) is 5.22. The molecule has 0 unspecified atom stereocenters. The van der Waals surface area contributed by atoms with Crippen molar-refractivity contribution in [3.05, 3.63) is 0 Å². The number of aliphatic hydroxyl groups excluding tert-OH is 1. The van der Waals surface area contributed by atoms with Crippen LogP contribution in [0, 0.1) is 0 Å². The van der Waals surface area contributed by atoms with E-state index in [1.54, 1.807) is 0 Å². The number of rotatable bonds is 4. The van der Waals surface area contributed by atoms with Crippen molar-refractivity contribution in [3.63, 3.8) is 0 Å². The van der Waals surface area contributed by atoms with Crippen LogP contribution in [0.5, 0.6) is 0 Å². The zero-order chi connectivity index (χ0) is 9.31. The minimum Gasteiger partial charge on any atom is -0.392 e. The lowest BCUT2D eigenvalue weighted by atomic mass is 10.2. The largest absolute Gasteiger partial charge is 0.392 e. The Balaban J connectivity index is 1.73. The third-order valence-electron chi connectivity index (χ3n) is 3.41. The molecular weight excluding hydrogens is 182 g/mol. The molecule has 0 aromatic heterocycles. The lowest BCUT2D eigenvalue weighted by Crippen LogP contribution is -2.40. The van der Waals surface area contributed by atoms with E-state index >= 15 is 0 Å². The maximum Gasteiger partial charge on any atom is 0.0693 e. The molecule has 2 atom stereocenters. The van der Waals surface area contributed by atoms with Crippen LogP contribution in [0.4, 0.5) is 0 Å². The standard InChI is InChI=1S/C10H19NOS/c1-13-10(5-6-10)7-11-8-3-2-4-9(8)12/h8-9,11-12H,2-7H2,1H3/t8-,9-/m0/s1. The number of aliphatic hydroxyl groups is 1. The molecule has 2 fully saturated rings. The fourth-order valence-electron chi connectivity index (χ4n) is 2.09. The minimum atomic E-state index is -0.0855. The quantitative estimate of drug-likeness (QED) is 0.721. The number of hydrogen-bond acceptors (Lipinski definition) is 3. The monoisotopic (exact) mass is 201 g/mol. The van der Waals surface area contributed by atoms with Crippen LogP contribution < -0.4 is 5.32 Å². The molecule has 0 aromatic carbocycles. The number of nitrogens with one attached hydrogen (secondary N) is 1. The highest BCUT2D eigenvalue weighted by atomic mass is 32.2. The van der Waals surface area contributed by atoms with Crippen LogP contribution in [0.15, 0.2) is 0 Å². The van der Waals surface area contributed by atoms with Crippen LogP contribution in [-0.4, -0.2) is 34.8 Å². The summed E-state index contributed by atoms with van der Waals surface area (Å²) in [6, 6.07) is 0.379. The van der Waals surface area contributed by atoms with Gasteiger partial charge in [0.15, 0.2) is 0 Å². The molecule has 13 heavy (non-hydrogen) atoms. The lowest BCUT2D eigenvalue weighted by Gasteiger charge is -2.20. The van der Waals surface area contributed by atoms with Gasteiger partial charge >= 0.3 is 0 Å². The van der Waals surface area contributed by atoms with Gasteiger partial charge in [0, 0.05) is 17.3 Å². The topological polar surface area (TPSA) is 32.3 Å². The first-order chi connectivity index (χ1) is 6.26. The van der Waals surface area contributed by atoms with Gasteiger partial charge in [0.25, 0.3) is 0 Å². The van der Waals surface area contributed by atoms with E-state index in [-0.39, 0.29) is 6.10 Å². The zero-order valence-corrected chi connectivity index (χ0v) is 9.07. The van der Waals surface area contributed by atoms with Crippen LogP contribution in [0.2, 0.25) is 0 Å². The van der Waals surface area contributed by atoms with Gasteiger partial charge in [-0.1, -0.05) is 0 Å². The maximum atomic E-state index is 9.61. The molecule has 2 N–H and O–H groups in total. The summed E-state index contributed by atoms with van der Waals surface area (Å²) in [5, 5.41) is 13.1. The van der Waals surface area contributed by atoms with E-state index < -0.39 is 0 Å². The van der Waals surface area contributed by atoms with E-state index in [0.717, 1.165) is 19.4 Å². The average molecular weight is 201 g/mol. The number of thioether (sulfide) groups is 1. The van der Waals surface area contributed by atoms with Crippen LogP contribution in [0.1, 0.15) is 32.1 Å². The fraction of sp³-hybridized carbons (Fsp3) is 1.00. The van der Waals surface area contributed by atoms with E-state index in [1.807, 2.05) is 11.8 Å². The summed E-state index contributed by atoms with van der Waals surface area (Å²) < 4.78 is 0.530. The third-order valence-corrected chi connectivity index (χ3v) is 4.83. The summed E-state index contributed by atoms with van der Waals surface area (Å²) in [4.78, 5) is 0. The second kappa shape index (κ2) is 3.79. The smallest absolute Gasteiger partial charge is 0.0693 e. The van der Waals surface area contributed by atoms with Crippen molar-refractivity contribution < 1.29 is 5.11 Å². The molecule has 0 bridgehead atoms. The second-order valence-electron chi connectivity index (χ2n) is 4.37. The molecule has 76 valence electrons. The summed E-state index contributed by atoms with van der Waals surface area (Å²) in [7, 11) is 0. The summed E-state index contributed by atoms with van der Waals surface area (Å²) >= 11 is 1.98. The Kier molecular flexibility index (Phi) is 2.86. The van der Waals surface area contributed by atoms with Crippen molar-refractivity contribution in [1.82, 2.24) is 5.32 Å². The molecule has 0 aliphatic heterocycles. The molecular formula is C10H19NOS. The van der Waals surface area contributed by atoms with Crippen molar-refractivity contribution in [2.24, 2.45) is 0 Å². The summed E-state index contributed by atoms with van der Waals surface area (Å²) in [5.41, 5.74) is 0. The van der Waals surface area contributed by atoms with Gasteiger partial charge in [0.05, 0.1) is 6.10 Å². The van der Waals surface area contributed by atoms with Gasteiger partial charge in [0.1, 0.15) is 0 Å². The van der Waals surface area contributed by atoms with Crippen LogP contribution in [-0.2, 0) is 0 Å². The van der Waals surface area contributed by atoms with Crippen molar-refractivity contribution >= 4 is 11.8 Å². The predicted octanol–water partition coefficient (Wildman–Crippen LogP) is 1.39. The third kappa shape index (κ3) is 2.20. The van der Waals surface area contributed by atoms with Crippen molar-refractivity contribution in [2.75, 3.05) is 12.8 Å². The summed E-state index contributed by atoms with van der Waals surface area (Å²) in [6.07, 6.45) is 8.15. The van der Waals surface area contributed by atoms with Gasteiger partial charge in [-0.05, 0) is 38.4 Å². The molecule has 2 rings (SSSR count). The van der Waals surface area contributed by atoms with E-state index in [4.69, 9.17) is 0 Å². The van der Waals surface area contributed by atoms with E-state index in [2.05, 4.69) is 11.6 Å². The Labute approximate surface area is 84.5 Å². The van der Waals surface area contributed by atoms with Crippen LogP contribution in [0.3, 0.4) is 0 Å². The Morgan fingerprint density at radius 3 is 2.69 bits per heavy atom. The average Bonchev–Trinajstić information content (AvgIpc) is 2.82. The highest BCUT2D eigenvalue weighted by Crippen LogP contribution is 2.46.